The molecule has 16 heavy (non-hydrogen) atoms. The fraction of sp³-hybridized carbons (Fsp3) is 0.727. The number of aliphatic hydroxyl groups excluding tert-OH is 2. The molecule has 2 rings (SSSR count). The van der Waals surface area contributed by atoms with Gasteiger partial charge in [-0.15, -0.1) is 0 Å². The second kappa shape index (κ2) is 4.43. The number of fused-ring (bicyclic) bond motifs is 1. The molecule has 0 aromatic heterocycles. The Labute approximate surface area is 93.7 Å². The fourth-order valence-corrected chi connectivity index (χ4v) is 2.75. The van der Waals surface area contributed by atoms with Gasteiger partial charge in [0, 0.05) is 18.4 Å². The van der Waals surface area contributed by atoms with Gasteiger partial charge in [0.25, 0.3) is 0 Å². The maximum Gasteiger partial charge on any atom is 0.337 e. The van der Waals surface area contributed by atoms with E-state index in [1.807, 2.05) is 0 Å². The van der Waals surface area contributed by atoms with E-state index in [-0.39, 0.29) is 24.4 Å². The van der Waals surface area contributed by atoms with Gasteiger partial charge in [-0.3, -0.25) is 0 Å². The average molecular weight is 228 g/mol. The predicted octanol–water partition coefficient (Wildman–Crippen LogP) is 0.0266. The highest BCUT2D eigenvalue weighted by molar-refractivity contribution is 5.88. The van der Waals surface area contributed by atoms with Crippen LogP contribution in [0.1, 0.15) is 12.8 Å². The van der Waals surface area contributed by atoms with Crippen LogP contribution >= 0.6 is 0 Å². The van der Waals surface area contributed by atoms with Gasteiger partial charge >= 0.3 is 5.97 Å². The number of methoxy groups -OCH3 is 1. The molecule has 1 unspecified atom stereocenters. The van der Waals surface area contributed by atoms with Gasteiger partial charge in [-0.2, -0.15) is 0 Å². The molecular formula is C11H16O5. The van der Waals surface area contributed by atoms with E-state index in [0.29, 0.717) is 5.57 Å². The number of hydrogen-bond acceptors (Lipinski definition) is 5. The second-order valence-corrected chi connectivity index (χ2v) is 4.30. The quantitative estimate of drug-likeness (QED) is 0.652. The van der Waals surface area contributed by atoms with E-state index in [0.717, 1.165) is 12.8 Å². The summed E-state index contributed by atoms with van der Waals surface area (Å²) in [5.74, 6) is -0.689. The first kappa shape index (κ1) is 11.4. The van der Waals surface area contributed by atoms with Crippen molar-refractivity contribution in [2.24, 2.45) is 17.8 Å². The fourth-order valence-electron chi connectivity index (χ4n) is 2.75. The Morgan fingerprint density at radius 2 is 2.38 bits per heavy atom. The molecule has 1 aliphatic carbocycles. The van der Waals surface area contributed by atoms with Crippen LogP contribution in [-0.2, 0) is 14.3 Å². The molecule has 1 saturated carbocycles. The minimum atomic E-state index is -0.932. The Kier molecular flexibility index (Phi) is 3.16. The van der Waals surface area contributed by atoms with E-state index < -0.39 is 12.3 Å². The van der Waals surface area contributed by atoms with Gasteiger partial charge < -0.3 is 19.7 Å². The van der Waals surface area contributed by atoms with E-state index in [2.05, 4.69) is 4.74 Å². The molecule has 0 spiro atoms. The molecule has 90 valence electrons. The minimum Gasteiger partial charge on any atom is -0.472 e. The van der Waals surface area contributed by atoms with Crippen molar-refractivity contribution in [2.45, 2.75) is 19.1 Å². The summed E-state index contributed by atoms with van der Waals surface area (Å²) in [5, 5.41) is 18.9. The topological polar surface area (TPSA) is 76.0 Å². The Hall–Kier alpha value is -1.07. The first-order chi connectivity index (χ1) is 7.69. The zero-order valence-electron chi connectivity index (χ0n) is 9.13. The lowest BCUT2D eigenvalue weighted by atomic mass is 9.83. The SMILES string of the molecule is COC(=O)C1=COC(O)[C@@H]2[C@@H](CO)CC[C@H]12. The van der Waals surface area contributed by atoms with Crippen molar-refractivity contribution >= 4 is 5.97 Å². The van der Waals surface area contributed by atoms with Crippen LogP contribution in [0.2, 0.25) is 0 Å². The zero-order valence-corrected chi connectivity index (χ0v) is 9.13. The van der Waals surface area contributed by atoms with Crippen molar-refractivity contribution in [3.63, 3.8) is 0 Å². The standard InChI is InChI=1S/C11H16O5/c1-15-10(13)8-5-16-11(14)9-6(4-12)2-3-7(8)9/h5-7,9,11-12,14H,2-4H2,1H3/t6-,7-,9-,11?/m1/s1. The molecule has 2 N–H and O–H groups in total. The number of carbonyl (C=O) groups is 1. The molecular weight excluding hydrogens is 212 g/mol. The Balaban J connectivity index is 2.23. The Morgan fingerprint density at radius 1 is 1.62 bits per heavy atom. The lowest BCUT2D eigenvalue weighted by molar-refractivity contribution is -0.146. The van der Waals surface area contributed by atoms with Crippen molar-refractivity contribution < 1.29 is 24.5 Å². The highest BCUT2D eigenvalue weighted by Gasteiger charge is 2.47. The Bertz CT molecular complexity index is 311. The summed E-state index contributed by atoms with van der Waals surface area (Å²) in [4.78, 5) is 11.5. The normalized spacial score (nSPS) is 37.3. The van der Waals surface area contributed by atoms with Crippen LogP contribution < -0.4 is 0 Å². The molecule has 0 saturated heterocycles. The summed E-state index contributed by atoms with van der Waals surface area (Å²) in [7, 11) is 1.32. The summed E-state index contributed by atoms with van der Waals surface area (Å²) in [6, 6.07) is 0. The summed E-state index contributed by atoms with van der Waals surface area (Å²) in [5.41, 5.74) is 0.466. The maximum atomic E-state index is 11.5. The molecule has 4 atom stereocenters. The summed E-state index contributed by atoms with van der Waals surface area (Å²) in [6.45, 7) is 0.00996. The first-order valence-corrected chi connectivity index (χ1v) is 5.41. The maximum absolute atomic E-state index is 11.5. The number of carbonyl (C=O) groups excluding carboxylic acids is 1. The van der Waals surface area contributed by atoms with Crippen molar-refractivity contribution in [3.05, 3.63) is 11.8 Å². The summed E-state index contributed by atoms with van der Waals surface area (Å²) >= 11 is 0. The van der Waals surface area contributed by atoms with E-state index >= 15 is 0 Å². The number of hydrogen-bond donors (Lipinski definition) is 2. The van der Waals surface area contributed by atoms with Crippen LogP contribution in [0.4, 0.5) is 0 Å². The molecule has 0 amide bonds. The molecule has 1 heterocycles. The molecule has 0 aromatic carbocycles. The summed E-state index contributed by atoms with van der Waals surface area (Å²) < 4.78 is 9.71. The molecule has 0 radical (unpaired) electrons. The van der Waals surface area contributed by atoms with Crippen molar-refractivity contribution in [2.75, 3.05) is 13.7 Å². The van der Waals surface area contributed by atoms with Crippen LogP contribution in [0.15, 0.2) is 11.8 Å². The van der Waals surface area contributed by atoms with Crippen LogP contribution in [-0.4, -0.2) is 36.2 Å². The average Bonchev–Trinajstić information content (AvgIpc) is 2.73. The molecule has 0 aromatic rings. The van der Waals surface area contributed by atoms with Crippen LogP contribution in [0.3, 0.4) is 0 Å². The minimum absolute atomic E-state index is 0.00615. The van der Waals surface area contributed by atoms with Crippen molar-refractivity contribution in [1.29, 1.82) is 0 Å². The third-order valence-corrected chi connectivity index (χ3v) is 3.58. The van der Waals surface area contributed by atoms with Crippen LogP contribution in [0.25, 0.3) is 0 Å². The van der Waals surface area contributed by atoms with Crippen molar-refractivity contribution in [1.82, 2.24) is 0 Å². The van der Waals surface area contributed by atoms with Crippen LogP contribution in [0, 0.1) is 17.8 Å². The van der Waals surface area contributed by atoms with Gasteiger partial charge in [0.05, 0.1) is 18.9 Å². The monoisotopic (exact) mass is 228 g/mol. The van der Waals surface area contributed by atoms with E-state index in [9.17, 15) is 15.0 Å². The van der Waals surface area contributed by atoms with Gasteiger partial charge in [0.15, 0.2) is 6.29 Å². The second-order valence-electron chi connectivity index (χ2n) is 4.30. The Morgan fingerprint density at radius 3 is 3.00 bits per heavy atom. The number of ether oxygens (including phenoxy) is 2. The highest BCUT2D eigenvalue weighted by Crippen LogP contribution is 2.45. The van der Waals surface area contributed by atoms with Gasteiger partial charge in [0.2, 0.25) is 0 Å². The summed E-state index contributed by atoms with van der Waals surface area (Å²) in [6.07, 6.45) is 1.92. The number of aliphatic hydroxyl groups is 2. The molecule has 0 bridgehead atoms. The van der Waals surface area contributed by atoms with Gasteiger partial charge in [-0.25, -0.2) is 4.79 Å². The van der Waals surface area contributed by atoms with E-state index in [1.165, 1.54) is 13.4 Å². The molecule has 1 fully saturated rings. The lowest BCUT2D eigenvalue weighted by Crippen LogP contribution is -2.37. The van der Waals surface area contributed by atoms with Gasteiger partial charge in [-0.1, -0.05) is 0 Å². The molecule has 5 nitrogen and oxygen atoms in total. The van der Waals surface area contributed by atoms with Crippen molar-refractivity contribution in [3.8, 4) is 0 Å². The zero-order chi connectivity index (χ0) is 11.7. The molecule has 2 aliphatic rings. The molecule has 5 heteroatoms. The largest absolute Gasteiger partial charge is 0.472 e. The van der Waals surface area contributed by atoms with Crippen LogP contribution in [0.5, 0.6) is 0 Å². The van der Waals surface area contributed by atoms with Gasteiger partial charge in [-0.05, 0) is 18.8 Å². The predicted molar refractivity (Wildman–Crippen MR) is 54.0 cm³/mol. The highest BCUT2D eigenvalue weighted by atomic mass is 16.6. The third-order valence-electron chi connectivity index (χ3n) is 3.58. The number of esters is 1. The van der Waals surface area contributed by atoms with E-state index in [4.69, 9.17) is 4.74 Å². The number of rotatable bonds is 2. The lowest BCUT2D eigenvalue weighted by Gasteiger charge is -2.32. The van der Waals surface area contributed by atoms with E-state index in [1.54, 1.807) is 0 Å². The molecule has 1 aliphatic heterocycles. The third kappa shape index (κ3) is 1.70. The van der Waals surface area contributed by atoms with Gasteiger partial charge in [0.1, 0.15) is 0 Å². The smallest absolute Gasteiger partial charge is 0.337 e. The first-order valence-electron chi connectivity index (χ1n) is 5.41.